The summed E-state index contributed by atoms with van der Waals surface area (Å²) in [5.41, 5.74) is 3.37. The Morgan fingerprint density at radius 2 is 1.90 bits per heavy atom. The number of rotatable bonds is 9. The highest BCUT2D eigenvalue weighted by Crippen LogP contribution is 2.33. The Balaban J connectivity index is 1.20. The van der Waals surface area contributed by atoms with E-state index in [2.05, 4.69) is 20.2 Å². The number of aromatic nitrogens is 5. The van der Waals surface area contributed by atoms with Crippen molar-refractivity contribution in [2.75, 3.05) is 42.0 Å². The largest absolute Gasteiger partial charge is 0.759 e. The molecule has 0 spiro atoms. The molecule has 0 aromatic carbocycles. The minimum atomic E-state index is 0.0504. The molecule has 1 aliphatic heterocycles. The average molecular weight is 546 g/mol. The van der Waals surface area contributed by atoms with Crippen LogP contribution < -0.4 is 25.2 Å². The van der Waals surface area contributed by atoms with Gasteiger partial charge in [0.2, 0.25) is 5.88 Å². The third kappa shape index (κ3) is 5.87. The van der Waals surface area contributed by atoms with Gasteiger partial charge in [-0.05, 0) is 43.9 Å². The van der Waals surface area contributed by atoms with Crippen LogP contribution in [0.15, 0.2) is 48.9 Å². The Morgan fingerprint density at radius 3 is 2.65 bits per heavy atom. The zero-order valence-electron chi connectivity index (χ0n) is 22.5. The number of morpholine rings is 1. The summed E-state index contributed by atoms with van der Waals surface area (Å²) >= 11 is 0. The van der Waals surface area contributed by atoms with Crippen LogP contribution in [-0.2, 0) is 18.4 Å². The second-order valence-electron chi connectivity index (χ2n) is 10.1. The highest BCUT2D eigenvalue weighted by molar-refractivity contribution is 5.87. The van der Waals surface area contributed by atoms with E-state index < -0.39 is 0 Å². The van der Waals surface area contributed by atoms with Crippen molar-refractivity contribution in [3.8, 4) is 11.6 Å². The highest BCUT2D eigenvalue weighted by atomic mass is 16.5. The molecule has 0 atom stereocenters. The van der Waals surface area contributed by atoms with E-state index in [4.69, 9.17) is 24.2 Å². The van der Waals surface area contributed by atoms with Crippen molar-refractivity contribution in [3.63, 3.8) is 0 Å². The Bertz CT molecular complexity index is 1420. The minimum absolute atomic E-state index is 0.0504. The van der Waals surface area contributed by atoms with Crippen molar-refractivity contribution in [1.82, 2.24) is 24.5 Å². The summed E-state index contributed by atoms with van der Waals surface area (Å²) < 4.78 is 19.8. The fraction of sp³-hybridized carbons (Fsp3) is 0.429. The van der Waals surface area contributed by atoms with E-state index in [0.717, 1.165) is 67.0 Å². The molecule has 0 bridgehead atoms. The first kappa shape index (κ1) is 26.1. The van der Waals surface area contributed by atoms with Gasteiger partial charge in [-0.25, -0.2) is 9.97 Å². The number of nitrogens with zero attached hydrogens (tertiary/aromatic N) is 6. The number of anilines is 3. The van der Waals surface area contributed by atoms with Crippen molar-refractivity contribution in [3.05, 3.63) is 59.8 Å². The SMILES string of the molecule is Cn1c(COc2cnc3cc(N4CCOCC4)nc(OC4CCC(Nc5ccccn5)CC4)c3c2)cnc1N[O-]. The molecule has 1 aliphatic carbocycles. The van der Waals surface area contributed by atoms with Gasteiger partial charge in [0.05, 0.1) is 42.2 Å². The van der Waals surface area contributed by atoms with E-state index in [-0.39, 0.29) is 18.7 Å². The van der Waals surface area contributed by atoms with E-state index in [1.807, 2.05) is 35.8 Å². The molecular formula is C28H33N8O4-. The van der Waals surface area contributed by atoms with Crippen LogP contribution in [0.1, 0.15) is 31.4 Å². The van der Waals surface area contributed by atoms with E-state index in [0.29, 0.717) is 30.9 Å². The second-order valence-corrected chi connectivity index (χ2v) is 10.1. The molecule has 1 saturated heterocycles. The average Bonchev–Trinajstić information content (AvgIpc) is 3.37. The number of pyridine rings is 3. The van der Waals surface area contributed by atoms with Crippen molar-refractivity contribution in [1.29, 1.82) is 0 Å². The summed E-state index contributed by atoms with van der Waals surface area (Å²) in [5, 5.41) is 15.3. The zero-order chi connectivity index (χ0) is 27.3. The fourth-order valence-electron chi connectivity index (χ4n) is 5.16. The van der Waals surface area contributed by atoms with Gasteiger partial charge in [0.1, 0.15) is 30.1 Å². The summed E-state index contributed by atoms with van der Waals surface area (Å²) in [5.74, 6) is 3.12. The van der Waals surface area contributed by atoms with Gasteiger partial charge in [0.15, 0.2) is 5.95 Å². The molecule has 0 amide bonds. The first-order chi connectivity index (χ1) is 19.7. The Kier molecular flexibility index (Phi) is 7.78. The maximum Gasteiger partial charge on any atom is 0.225 e. The zero-order valence-corrected chi connectivity index (χ0v) is 22.5. The van der Waals surface area contributed by atoms with Gasteiger partial charge in [0.25, 0.3) is 0 Å². The lowest BCUT2D eigenvalue weighted by Gasteiger charge is -2.31. The molecule has 40 heavy (non-hydrogen) atoms. The molecule has 2 N–H and O–H groups in total. The third-order valence-corrected chi connectivity index (χ3v) is 7.47. The maximum absolute atomic E-state index is 11.0. The molecule has 2 aliphatic rings. The fourth-order valence-corrected chi connectivity index (χ4v) is 5.16. The Morgan fingerprint density at radius 1 is 1.05 bits per heavy atom. The van der Waals surface area contributed by atoms with Crippen LogP contribution in [0.3, 0.4) is 0 Å². The standard InChI is InChI=1S/C28H33N8O4/c1-35-20(16-31-28(35)34-37)18-39-22-14-23-24(30-17-22)15-26(36-10-12-38-13-11-36)33-27(23)40-21-7-5-19(6-8-21)32-25-4-2-3-9-29-25/h2-4,9,14-17,19,21H,5-8,10-13,18H2,1H3,(H2-,29,31,32,34,37)/q-1. The van der Waals surface area contributed by atoms with E-state index in [1.165, 1.54) is 0 Å². The van der Waals surface area contributed by atoms with Crippen LogP contribution in [0.2, 0.25) is 0 Å². The van der Waals surface area contributed by atoms with Crippen LogP contribution in [-0.4, -0.2) is 63.0 Å². The normalized spacial score (nSPS) is 19.4. The molecule has 210 valence electrons. The van der Waals surface area contributed by atoms with Crippen LogP contribution in [0, 0.1) is 5.21 Å². The molecule has 4 aromatic heterocycles. The molecule has 2 fully saturated rings. The summed E-state index contributed by atoms with van der Waals surface area (Å²) in [6.07, 6.45) is 8.96. The molecule has 1 saturated carbocycles. The number of ether oxygens (including phenoxy) is 3. The topological polar surface area (TPSA) is 135 Å². The summed E-state index contributed by atoms with van der Waals surface area (Å²) in [6, 6.07) is 10.2. The molecule has 5 heterocycles. The molecule has 12 heteroatoms. The first-order valence-corrected chi connectivity index (χ1v) is 13.7. The van der Waals surface area contributed by atoms with Gasteiger partial charge >= 0.3 is 0 Å². The number of hydrogen-bond acceptors (Lipinski definition) is 11. The molecule has 12 nitrogen and oxygen atoms in total. The van der Waals surface area contributed by atoms with Crippen LogP contribution in [0.4, 0.5) is 17.6 Å². The van der Waals surface area contributed by atoms with Gasteiger partial charge in [-0.2, -0.15) is 4.98 Å². The summed E-state index contributed by atoms with van der Waals surface area (Å²) in [7, 11) is 1.76. The predicted octanol–water partition coefficient (Wildman–Crippen LogP) is 3.89. The lowest BCUT2D eigenvalue weighted by atomic mass is 9.93. The monoisotopic (exact) mass is 545 g/mol. The molecule has 6 rings (SSSR count). The number of nitrogens with one attached hydrogen (secondary N) is 2. The quantitative estimate of drug-likeness (QED) is 0.297. The number of imidazole rings is 1. The minimum Gasteiger partial charge on any atom is -0.759 e. The lowest BCUT2D eigenvalue weighted by molar-refractivity contribution is 0.122. The number of fused-ring (bicyclic) bond motifs is 1. The Hall–Kier alpha value is -4.16. The van der Waals surface area contributed by atoms with Gasteiger partial charge in [0, 0.05) is 38.4 Å². The van der Waals surface area contributed by atoms with Gasteiger partial charge in [-0.3, -0.25) is 4.98 Å². The predicted molar refractivity (Wildman–Crippen MR) is 152 cm³/mol. The van der Waals surface area contributed by atoms with E-state index in [1.54, 1.807) is 30.2 Å². The molecule has 0 radical (unpaired) electrons. The van der Waals surface area contributed by atoms with Gasteiger partial charge in [-0.15, -0.1) is 0 Å². The van der Waals surface area contributed by atoms with Crippen molar-refractivity contribution >= 4 is 28.5 Å². The van der Waals surface area contributed by atoms with Crippen LogP contribution >= 0.6 is 0 Å². The highest BCUT2D eigenvalue weighted by Gasteiger charge is 2.25. The molecule has 4 aromatic rings. The molecular weight excluding hydrogens is 512 g/mol. The van der Waals surface area contributed by atoms with Crippen molar-refractivity contribution in [2.24, 2.45) is 7.05 Å². The van der Waals surface area contributed by atoms with E-state index >= 15 is 0 Å². The van der Waals surface area contributed by atoms with Crippen LogP contribution in [0.25, 0.3) is 10.9 Å². The van der Waals surface area contributed by atoms with Crippen LogP contribution in [0.5, 0.6) is 11.6 Å². The maximum atomic E-state index is 11.0. The smallest absolute Gasteiger partial charge is 0.225 e. The second kappa shape index (κ2) is 11.9. The van der Waals surface area contributed by atoms with Crippen molar-refractivity contribution < 1.29 is 14.2 Å². The third-order valence-electron chi connectivity index (χ3n) is 7.47. The van der Waals surface area contributed by atoms with Gasteiger partial charge < -0.3 is 39.7 Å². The van der Waals surface area contributed by atoms with E-state index in [9.17, 15) is 5.21 Å². The summed E-state index contributed by atoms with van der Waals surface area (Å²) in [4.78, 5) is 20.3. The lowest BCUT2D eigenvalue weighted by Crippen LogP contribution is -2.37. The summed E-state index contributed by atoms with van der Waals surface area (Å²) in [6.45, 7) is 3.12. The Labute approximate surface area is 232 Å². The first-order valence-electron chi connectivity index (χ1n) is 13.7. The van der Waals surface area contributed by atoms with Crippen molar-refractivity contribution in [2.45, 2.75) is 44.4 Å². The molecule has 0 unspecified atom stereocenters. The van der Waals surface area contributed by atoms with Gasteiger partial charge in [-0.1, -0.05) is 6.07 Å². The number of hydrogen-bond donors (Lipinski definition) is 2.